The summed E-state index contributed by atoms with van der Waals surface area (Å²) in [5.41, 5.74) is 3.04. The predicted molar refractivity (Wildman–Crippen MR) is 136 cm³/mol. The van der Waals surface area contributed by atoms with E-state index in [9.17, 15) is 9.90 Å². The molecule has 1 aromatic carbocycles. The average Bonchev–Trinajstić information content (AvgIpc) is 3.46. The Morgan fingerprint density at radius 1 is 1.06 bits per heavy atom. The SMILES string of the molecule is C=C[C@]1(O)CC[C@H]2[C@@H]3CCC4=CC(=O)CC[C@]4(C)[C@H]3[C@@H](c3ccc(-n4cccc4)cc3)C[C@@]21C. The van der Waals surface area contributed by atoms with E-state index in [2.05, 4.69) is 73.8 Å². The van der Waals surface area contributed by atoms with Crippen LogP contribution in [0.15, 0.2) is 73.1 Å². The zero-order valence-electron chi connectivity index (χ0n) is 20.5. The molecule has 0 saturated heterocycles. The standard InChI is InChI=1S/C31H37NO2/c1-4-31(34)16-14-27-25-12-9-22-19-24(33)13-15-29(22,2)28(25)26(20-30(27,31)3)21-7-10-23(11-8-21)32-17-5-6-18-32/h4-8,10-11,17-19,25-28,34H,1,9,12-16,20H2,2-3H3/t25-,26+,27-,28+,29-,30-,31-/m0/s1. The van der Waals surface area contributed by atoms with Crippen molar-refractivity contribution in [2.24, 2.45) is 28.6 Å². The third kappa shape index (κ3) is 2.95. The van der Waals surface area contributed by atoms with Crippen molar-refractivity contribution in [2.75, 3.05) is 0 Å². The second-order valence-corrected chi connectivity index (χ2v) is 12.0. The Hall–Kier alpha value is -2.39. The van der Waals surface area contributed by atoms with Gasteiger partial charge in [0.2, 0.25) is 0 Å². The molecule has 34 heavy (non-hydrogen) atoms. The molecular formula is C31H37NO2. The van der Waals surface area contributed by atoms with Gasteiger partial charge in [0.05, 0.1) is 5.60 Å². The smallest absolute Gasteiger partial charge is 0.155 e. The number of carbonyl (C=O) groups excluding carboxylic acids is 1. The quantitative estimate of drug-likeness (QED) is 0.529. The van der Waals surface area contributed by atoms with Gasteiger partial charge in [-0.1, -0.05) is 37.6 Å². The topological polar surface area (TPSA) is 42.2 Å². The van der Waals surface area contributed by atoms with Crippen LogP contribution >= 0.6 is 0 Å². The van der Waals surface area contributed by atoms with E-state index in [4.69, 9.17) is 0 Å². The van der Waals surface area contributed by atoms with Gasteiger partial charge in [0.1, 0.15) is 0 Å². The molecule has 3 heteroatoms. The molecule has 6 rings (SSSR count). The van der Waals surface area contributed by atoms with E-state index in [1.807, 2.05) is 12.2 Å². The fourth-order valence-electron chi connectivity index (χ4n) is 8.84. The second-order valence-electron chi connectivity index (χ2n) is 12.0. The van der Waals surface area contributed by atoms with Crippen LogP contribution in [-0.2, 0) is 4.79 Å². The van der Waals surface area contributed by atoms with Crippen molar-refractivity contribution < 1.29 is 9.90 Å². The molecule has 7 atom stereocenters. The first-order valence-electron chi connectivity index (χ1n) is 13.1. The number of hydrogen-bond acceptors (Lipinski definition) is 2. The van der Waals surface area contributed by atoms with E-state index in [0.29, 0.717) is 35.9 Å². The number of aromatic nitrogens is 1. The fraction of sp³-hybridized carbons (Fsp3) is 0.516. The van der Waals surface area contributed by atoms with Crippen LogP contribution < -0.4 is 0 Å². The summed E-state index contributed by atoms with van der Waals surface area (Å²) in [7, 11) is 0. The molecule has 1 heterocycles. The molecule has 1 aromatic heterocycles. The molecule has 2 aromatic rings. The van der Waals surface area contributed by atoms with Gasteiger partial charge >= 0.3 is 0 Å². The van der Waals surface area contributed by atoms with E-state index in [1.165, 1.54) is 16.8 Å². The van der Waals surface area contributed by atoms with Gasteiger partial charge in [0.15, 0.2) is 5.78 Å². The minimum absolute atomic E-state index is 0.0663. The number of allylic oxidation sites excluding steroid dienone is 1. The molecule has 4 aliphatic carbocycles. The first-order chi connectivity index (χ1) is 16.3. The Bertz CT molecular complexity index is 1140. The summed E-state index contributed by atoms with van der Waals surface area (Å²) < 4.78 is 2.15. The van der Waals surface area contributed by atoms with Crippen LogP contribution in [0.5, 0.6) is 0 Å². The summed E-state index contributed by atoms with van der Waals surface area (Å²) in [6, 6.07) is 13.2. The molecule has 0 bridgehead atoms. The van der Waals surface area contributed by atoms with Crippen molar-refractivity contribution >= 4 is 5.78 Å². The summed E-state index contributed by atoms with van der Waals surface area (Å²) in [5.74, 6) is 2.24. The minimum Gasteiger partial charge on any atom is -0.385 e. The summed E-state index contributed by atoms with van der Waals surface area (Å²) in [6.07, 6.45) is 14.7. The summed E-state index contributed by atoms with van der Waals surface area (Å²) in [4.78, 5) is 12.4. The third-order valence-corrected chi connectivity index (χ3v) is 10.7. The largest absolute Gasteiger partial charge is 0.385 e. The van der Waals surface area contributed by atoms with Crippen LogP contribution in [0.1, 0.15) is 70.3 Å². The Morgan fingerprint density at radius 2 is 1.79 bits per heavy atom. The fourth-order valence-corrected chi connectivity index (χ4v) is 8.84. The van der Waals surface area contributed by atoms with Crippen molar-refractivity contribution in [1.29, 1.82) is 0 Å². The molecule has 0 amide bonds. The summed E-state index contributed by atoms with van der Waals surface area (Å²) in [5, 5.41) is 11.7. The maximum atomic E-state index is 12.4. The van der Waals surface area contributed by atoms with Gasteiger partial charge < -0.3 is 9.67 Å². The molecule has 0 unspecified atom stereocenters. The number of rotatable bonds is 3. The molecule has 178 valence electrons. The number of nitrogens with zero attached hydrogens (tertiary/aromatic N) is 1. The molecule has 4 aliphatic rings. The van der Waals surface area contributed by atoms with Crippen LogP contribution in [0.3, 0.4) is 0 Å². The number of carbonyl (C=O) groups is 1. The summed E-state index contributed by atoms with van der Waals surface area (Å²) in [6.45, 7) is 8.86. The number of benzene rings is 1. The molecule has 0 spiro atoms. The Labute approximate surface area is 203 Å². The van der Waals surface area contributed by atoms with Gasteiger partial charge in [-0.05, 0) is 104 Å². The van der Waals surface area contributed by atoms with E-state index in [1.54, 1.807) is 0 Å². The normalized spacial score (nSPS) is 41.3. The second kappa shape index (κ2) is 7.55. The van der Waals surface area contributed by atoms with Crippen LogP contribution in [0.2, 0.25) is 0 Å². The maximum Gasteiger partial charge on any atom is 0.155 e. The lowest BCUT2D eigenvalue weighted by atomic mass is 9.43. The Morgan fingerprint density at radius 3 is 2.50 bits per heavy atom. The van der Waals surface area contributed by atoms with Crippen LogP contribution in [-0.4, -0.2) is 21.1 Å². The third-order valence-electron chi connectivity index (χ3n) is 10.7. The minimum atomic E-state index is -0.800. The lowest BCUT2D eigenvalue weighted by Crippen LogP contribution is -2.56. The molecular weight excluding hydrogens is 418 g/mol. The zero-order chi connectivity index (χ0) is 23.7. The zero-order valence-corrected chi connectivity index (χ0v) is 20.5. The highest BCUT2D eigenvalue weighted by molar-refractivity contribution is 5.91. The lowest BCUT2D eigenvalue weighted by Gasteiger charge is -2.62. The van der Waals surface area contributed by atoms with Crippen molar-refractivity contribution in [2.45, 2.75) is 70.3 Å². The highest BCUT2D eigenvalue weighted by Crippen LogP contribution is 2.70. The monoisotopic (exact) mass is 455 g/mol. The van der Waals surface area contributed by atoms with Crippen molar-refractivity contribution in [3.63, 3.8) is 0 Å². The van der Waals surface area contributed by atoms with E-state index in [0.717, 1.165) is 38.5 Å². The number of ketones is 1. The molecule has 0 radical (unpaired) electrons. The van der Waals surface area contributed by atoms with E-state index in [-0.39, 0.29) is 10.8 Å². The molecule has 3 nitrogen and oxygen atoms in total. The average molecular weight is 456 g/mol. The van der Waals surface area contributed by atoms with Gasteiger partial charge in [0, 0.05) is 29.9 Å². The van der Waals surface area contributed by atoms with Gasteiger partial charge in [-0.3, -0.25) is 4.79 Å². The first-order valence-corrected chi connectivity index (χ1v) is 13.1. The molecule has 3 fully saturated rings. The van der Waals surface area contributed by atoms with Gasteiger partial charge in [-0.2, -0.15) is 0 Å². The van der Waals surface area contributed by atoms with Crippen LogP contribution in [0, 0.1) is 28.6 Å². The van der Waals surface area contributed by atoms with Crippen molar-refractivity contribution in [3.8, 4) is 5.69 Å². The van der Waals surface area contributed by atoms with Crippen molar-refractivity contribution in [1.82, 2.24) is 4.57 Å². The Kier molecular flexibility index (Phi) is 4.91. The van der Waals surface area contributed by atoms with Gasteiger partial charge in [-0.25, -0.2) is 0 Å². The molecule has 1 N–H and O–H groups in total. The number of aliphatic hydroxyl groups is 1. The predicted octanol–water partition coefficient (Wildman–Crippen LogP) is 6.62. The number of hydrogen-bond donors (Lipinski definition) is 1. The first kappa shape index (κ1) is 22.1. The summed E-state index contributed by atoms with van der Waals surface area (Å²) >= 11 is 0. The van der Waals surface area contributed by atoms with Gasteiger partial charge in [-0.15, -0.1) is 6.58 Å². The highest BCUT2D eigenvalue weighted by atomic mass is 16.3. The van der Waals surface area contributed by atoms with Crippen LogP contribution in [0.4, 0.5) is 0 Å². The molecule has 3 saturated carbocycles. The van der Waals surface area contributed by atoms with E-state index < -0.39 is 5.60 Å². The van der Waals surface area contributed by atoms with E-state index >= 15 is 0 Å². The lowest BCUT2D eigenvalue weighted by molar-refractivity contribution is -0.123. The Balaban J connectivity index is 1.47. The van der Waals surface area contributed by atoms with Gasteiger partial charge in [0.25, 0.3) is 0 Å². The van der Waals surface area contributed by atoms with Crippen LogP contribution in [0.25, 0.3) is 5.69 Å². The van der Waals surface area contributed by atoms with Crippen molar-refractivity contribution in [3.05, 3.63) is 78.7 Å². The maximum absolute atomic E-state index is 12.4. The highest BCUT2D eigenvalue weighted by Gasteiger charge is 2.65. The molecule has 0 aliphatic heterocycles. The number of fused-ring (bicyclic) bond motifs is 5.